The van der Waals surface area contributed by atoms with E-state index in [9.17, 15) is 46.3 Å². The first-order chi connectivity index (χ1) is 53.9. The minimum atomic E-state index is -0.915. The van der Waals surface area contributed by atoms with Crippen molar-refractivity contribution in [3.8, 4) is 5.75 Å². The van der Waals surface area contributed by atoms with Crippen molar-refractivity contribution in [2.45, 2.75) is 198 Å². The molecule has 115 heavy (non-hydrogen) atoms. The van der Waals surface area contributed by atoms with Crippen molar-refractivity contribution in [1.29, 1.82) is 0 Å². The molecule has 0 aliphatic heterocycles. The summed E-state index contributed by atoms with van der Waals surface area (Å²) in [5.74, 6) is -1.20. The second kappa shape index (κ2) is 53.8. The van der Waals surface area contributed by atoms with Crippen molar-refractivity contribution in [3.63, 3.8) is 0 Å². The number of nitrogens with two attached hydrogens (primary N) is 6. The number of benzene rings is 8. The highest BCUT2D eigenvalue weighted by atomic mass is 35.5. The zero-order valence-electron chi connectivity index (χ0n) is 69.8. The Morgan fingerprint density at radius 3 is 0.948 bits per heavy atom. The average Bonchev–Trinajstić information content (AvgIpc) is 0.871. The minimum absolute atomic E-state index is 0.00713. The van der Waals surface area contributed by atoms with Gasteiger partial charge in [-0.1, -0.05) is 265 Å². The van der Waals surface area contributed by atoms with Gasteiger partial charge < -0.3 is 44.5 Å². The first-order valence-corrected chi connectivity index (χ1v) is 40.1. The minimum Gasteiger partial charge on any atom is -0.489 e. The summed E-state index contributed by atoms with van der Waals surface area (Å²) in [4.78, 5) is 69.3. The number of likely N-dealkylation sites (N-methyl/N-ethyl adjacent to an activating group) is 1. The number of ether oxygens (including phenoxy) is 1. The number of ketones is 6. The Kier molecular flexibility index (Phi) is 48.0. The molecule has 8 rings (SSSR count). The van der Waals surface area contributed by atoms with Crippen LogP contribution in [0.4, 0.5) is 17.6 Å². The summed E-state index contributed by atoms with van der Waals surface area (Å²) in [6.45, 7) is 33.2. The van der Waals surface area contributed by atoms with Gasteiger partial charge in [0.2, 0.25) is 0 Å². The van der Waals surface area contributed by atoms with E-state index in [0.29, 0.717) is 71.8 Å². The molecule has 0 bridgehead atoms. The van der Waals surface area contributed by atoms with E-state index in [0.717, 1.165) is 46.6 Å². The number of hydrogen-bond acceptors (Lipinski definition) is 14. The van der Waals surface area contributed by atoms with E-state index in [2.05, 4.69) is 50.0 Å². The van der Waals surface area contributed by atoms with Crippen molar-refractivity contribution < 1.29 is 51.1 Å². The molecule has 21 heteroatoms. The Labute approximate surface area is 696 Å². The molecule has 13 N–H and O–H groups in total. The van der Waals surface area contributed by atoms with Crippen LogP contribution in [0.1, 0.15) is 147 Å². The highest BCUT2D eigenvalue weighted by Gasteiger charge is 2.23. The van der Waals surface area contributed by atoms with Gasteiger partial charge in [0.15, 0.2) is 46.3 Å². The van der Waals surface area contributed by atoms with Gasteiger partial charge in [0, 0.05) is 51.6 Å². The predicted molar refractivity (Wildman–Crippen MR) is 465 cm³/mol. The van der Waals surface area contributed by atoms with Gasteiger partial charge in [-0.15, -0.1) is 0 Å². The molecule has 7 atom stereocenters. The van der Waals surface area contributed by atoms with Crippen molar-refractivity contribution in [2.75, 3.05) is 7.05 Å². The molecule has 8 aromatic carbocycles. The molecule has 0 amide bonds. The van der Waals surface area contributed by atoms with Crippen LogP contribution in [-0.2, 0) is 80.3 Å². The molecule has 626 valence electrons. The molecule has 8 aromatic rings. The summed E-state index contributed by atoms with van der Waals surface area (Å²) in [5, 5.41) is 4.83. The second-order valence-electron chi connectivity index (χ2n) is 30.8. The van der Waals surface area contributed by atoms with Crippen LogP contribution in [0.2, 0.25) is 15.1 Å². The van der Waals surface area contributed by atoms with Crippen LogP contribution in [0.5, 0.6) is 5.75 Å². The Morgan fingerprint density at radius 1 is 0.348 bits per heavy atom. The van der Waals surface area contributed by atoms with Gasteiger partial charge in [-0.05, 0) is 182 Å². The zero-order valence-corrected chi connectivity index (χ0v) is 72.1. The molecule has 0 unspecified atom stereocenters. The van der Waals surface area contributed by atoms with Gasteiger partial charge in [-0.2, -0.15) is 0 Å². The van der Waals surface area contributed by atoms with Crippen LogP contribution in [0.15, 0.2) is 200 Å². The highest BCUT2D eigenvalue weighted by Crippen LogP contribution is 2.22. The van der Waals surface area contributed by atoms with Crippen LogP contribution in [0.3, 0.4) is 0 Å². The Balaban J connectivity index is 0.000000458. The molecule has 0 spiro atoms. The highest BCUT2D eigenvalue weighted by molar-refractivity contribution is 6.31. The van der Waals surface area contributed by atoms with Gasteiger partial charge in [-0.3, -0.25) is 28.8 Å². The molecule has 0 radical (unpaired) electrons. The maximum atomic E-state index is 13.1. The van der Waals surface area contributed by atoms with Gasteiger partial charge >= 0.3 is 0 Å². The molecule has 0 aromatic heterocycles. The normalized spacial score (nSPS) is 12.7. The first kappa shape index (κ1) is 103. The third-order valence-corrected chi connectivity index (χ3v) is 19.1. The van der Waals surface area contributed by atoms with Crippen molar-refractivity contribution >= 4 is 69.5 Å². The number of nitrogens with one attached hydrogen (secondary N) is 1. The van der Waals surface area contributed by atoms with Crippen molar-refractivity contribution in [3.05, 3.63) is 289 Å². The zero-order chi connectivity index (χ0) is 86.9. The van der Waals surface area contributed by atoms with E-state index in [-0.39, 0.29) is 93.5 Å². The van der Waals surface area contributed by atoms with Crippen LogP contribution >= 0.6 is 34.8 Å². The maximum absolute atomic E-state index is 13.1. The number of carbonyl (C=O) groups is 6. The predicted octanol–water partition coefficient (Wildman–Crippen LogP) is 18.1. The third kappa shape index (κ3) is 40.9. The van der Waals surface area contributed by atoms with Gasteiger partial charge in [0.1, 0.15) is 24.0 Å². The lowest BCUT2D eigenvalue weighted by Gasteiger charge is -2.22. The molecule has 0 saturated heterocycles. The average molecular weight is 1650 g/mol. The molecule has 0 aliphatic carbocycles. The number of aryl methyl sites for hydroxylation is 1. The number of halogens is 7. The SMILES string of the molecule is C=C(C(C)C)[C@@H](Cc1ccc(OCc2ccccc2)cc1)NC.CC(C)C(=O)[C@@H](N)Cc1ccc(Cl)cc1.CC(C)C(=O)[C@H](N)Cc1ccc(Cl)c(F)c1.CC(C)C(=O)[C@H](N)Cc1ccc(Cl)cc1.CC(C)C(=O)[C@H](N)Cc1ccc(F)c(F)c1.CC(C)C(=O)[C@H](N)Cc1ccc(F)cc1.Cc1ccc(C[C@@H](N)C(=O)C(C)C)cc1. The van der Waals surface area contributed by atoms with Gasteiger partial charge in [-0.25, -0.2) is 17.6 Å². The Bertz CT molecular complexity index is 3870. The second-order valence-corrected chi connectivity index (χ2v) is 32.0. The van der Waals surface area contributed by atoms with E-state index in [1.807, 2.05) is 172 Å². The number of Topliss-reactive ketones (excluding diaryl/α,β-unsaturated/α-hetero) is 6. The number of rotatable bonds is 32. The molecular weight excluding hydrogens is 1520 g/mol. The van der Waals surface area contributed by atoms with E-state index < -0.39 is 47.7 Å². The lowest BCUT2D eigenvalue weighted by Crippen LogP contribution is -2.35. The Hall–Kier alpha value is -8.37. The fourth-order valence-corrected chi connectivity index (χ4v) is 11.5. The molecule has 14 nitrogen and oxygen atoms in total. The standard InChI is InChI=1S/C21H27NO.C13H19NO.C12H15ClFNO.2C12H16ClNO.C12H15F2NO.C12H16FNO/c1-16(2)17(3)21(22-4)14-18-10-12-20(13-11-18)23-15-19-8-6-5-7-9-19;1-9(2)13(15)12(14)8-11-6-4-10(3)5-7-11;1-7(2)12(16)11(15)6-8-3-4-9(13)10(14)5-8;2*1-8(2)12(15)11(14)7-9-3-5-10(13)6-4-9;1-7(2)12(16)11(15)6-8-3-4-9(13)10(14)5-8;1-8(2)12(15)11(14)7-9-3-5-10(13)6-4-9/h5-13,16,21-22H,3,14-15H2,1-2,4H3;4-7,9,12H,8,14H2,1-3H3;3-5,7,11H,6,15H2,1-2H3;2*3-6,8,11H,7,14H2,1-2H3;3-5,7,11H,6,15H2,1-2H3;3-6,8,11H,7,14H2,1-2H3/t21-;12-;5*11-/m1111011/s1. The molecular formula is C94H124Cl3F4N7O7. The molecule has 0 aliphatic rings. The maximum Gasteiger partial charge on any atom is 0.159 e. The van der Waals surface area contributed by atoms with E-state index in [4.69, 9.17) is 73.9 Å². The van der Waals surface area contributed by atoms with E-state index >= 15 is 0 Å². The summed E-state index contributed by atoms with van der Waals surface area (Å²) in [6, 6.07) is 53.0. The molecule has 0 saturated carbocycles. The fourth-order valence-electron chi connectivity index (χ4n) is 11.1. The topological polar surface area (TPSA) is 280 Å². The molecule has 0 fully saturated rings. The summed E-state index contributed by atoms with van der Waals surface area (Å²) >= 11 is 17.1. The summed E-state index contributed by atoms with van der Waals surface area (Å²) in [6.07, 6.45) is 3.78. The van der Waals surface area contributed by atoms with Crippen LogP contribution in [-0.4, -0.2) is 84.0 Å². The monoisotopic (exact) mass is 1640 g/mol. The number of carbonyl (C=O) groups excluding carboxylic acids is 6. The summed E-state index contributed by atoms with van der Waals surface area (Å²) in [7, 11) is 2.00. The first-order valence-electron chi connectivity index (χ1n) is 39.0. The summed E-state index contributed by atoms with van der Waals surface area (Å²) < 4.78 is 57.1. The van der Waals surface area contributed by atoms with E-state index in [1.165, 1.54) is 52.6 Å². The quantitative estimate of drug-likeness (QED) is 0.0153. The van der Waals surface area contributed by atoms with Crippen LogP contribution in [0.25, 0.3) is 0 Å². The van der Waals surface area contributed by atoms with Crippen LogP contribution in [0, 0.1) is 71.6 Å². The number of hydrogen-bond donors (Lipinski definition) is 7. The fraction of sp³-hybridized carbons (Fsp3) is 0.404. The largest absolute Gasteiger partial charge is 0.489 e. The Morgan fingerprint density at radius 2 is 0.635 bits per heavy atom. The lowest BCUT2D eigenvalue weighted by atomic mass is 9.92. The van der Waals surface area contributed by atoms with Gasteiger partial charge in [0.05, 0.1) is 41.3 Å². The van der Waals surface area contributed by atoms with Crippen molar-refractivity contribution in [2.24, 2.45) is 75.8 Å². The lowest BCUT2D eigenvalue weighted by molar-refractivity contribution is -0.123. The van der Waals surface area contributed by atoms with Crippen LogP contribution < -0.4 is 44.5 Å². The smallest absolute Gasteiger partial charge is 0.159 e. The summed E-state index contributed by atoms with van der Waals surface area (Å²) in [5.41, 5.74) is 44.9. The third-order valence-electron chi connectivity index (χ3n) is 18.3. The molecule has 0 heterocycles. The van der Waals surface area contributed by atoms with Crippen molar-refractivity contribution in [1.82, 2.24) is 5.32 Å². The van der Waals surface area contributed by atoms with E-state index in [1.54, 1.807) is 45.9 Å². The van der Waals surface area contributed by atoms with Gasteiger partial charge in [0.25, 0.3) is 0 Å².